The van der Waals surface area contributed by atoms with Gasteiger partial charge in [0.15, 0.2) is 5.82 Å². The highest BCUT2D eigenvalue weighted by Crippen LogP contribution is 2.21. The van der Waals surface area contributed by atoms with Gasteiger partial charge in [-0.15, -0.1) is 0 Å². The van der Waals surface area contributed by atoms with Gasteiger partial charge >= 0.3 is 6.03 Å². The van der Waals surface area contributed by atoms with E-state index in [9.17, 15) is 9.59 Å². The summed E-state index contributed by atoms with van der Waals surface area (Å²) >= 11 is 6.12. The van der Waals surface area contributed by atoms with Gasteiger partial charge in [0.1, 0.15) is 0 Å². The van der Waals surface area contributed by atoms with Gasteiger partial charge in [0.25, 0.3) is 5.56 Å². The zero-order valence-corrected chi connectivity index (χ0v) is 16.9. The smallest absolute Gasteiger partial charge is 0.322 e. The zero-order chi connectivity index (χ0) is 20.4. The third kappa shape index (κ3) is 3.78. The fourth-order valence-corrected chi connectivity index (χ4v) is 3.76. The van der Waals surface area contributed by atoms with Crippen LogP contribution in [-0.2, 0) is 6.54 Å². The molecule has 7 nitrogen and oxygen atoms in total. The Balaban J connectivity index is 1.50. The molecule has 0 spiro atoms. The maximum Gasteiger partial charge on any atom is 0.322 e. The first-order valence-corrected chi connectivity index (χ1v) is 10.0. The highest BCUT2D eigenvalue weighted by Gasteiger charge is 2.25. The number of nitrogens with one attached hydrogen (secondary N) is 1. The van der Waals surface area contributed by atoms with Crippen molar-refractivity contribution in [1.29, 1.82) is 0 Å². The molecule has 0 saturated carbocycles. The molecule has 29 heavy (non-hydrogen) atoms. The van der Waals surface area contributed by atoms with E-state index < -0.39 is 0 Å². The summed E-state index contributed by atoms with van der Waals surface area (Å²) in [6.45, 7) is 4.61. The van der Waals surface area contributed by atoms with E-state index in [0.717, 1.165) is 11.0 Å². The van der Waals surface area contributed by atoms with Gasteiger partial charge in [-0.05, 0) is 31.2 Å². The van der Waals surface area contributed by atoms with Crippen molar-refractivity contribution in [3.8, 4) is 0 Å². The van der Waals surface area contributed by atoms with Crippen LogP contribution in [0.2, 0.25) is 5.02 Å². The van der Waals surface area contributed by atoms with Gasteiger partial charge in [0.05, 0.1) is 21.7 Å². The Kier molecular flexibility index (Phi) is 5.40. The van der Waals surface area contributed by atoms with Crippen LogP contribution in [0.15, 0.2) is 53.3 Å². The first-order chi connectivity index (χ1) is 14.1. The van der Waals surface area contributed by atoms with Crippen molar-refractivity contribution >= 4 is 40.2 Å². The number of anilines is 2. The highest BCUT2D eigenvalue weighted by atomic mass is 35.5. The summed E-state index contributed by atoms with van der Waals surface area (Å²) in [7, 11) is 0. The minimum Gasteiger partial charge on any atom is -0.348 e. The van der Waals surface area contributed by atoms with Crippen LogP contribution in [0.1, 0.15) is 6.92 Å². The standard InChI is InChI=1S/C21H22ClN5O2/c1-2-27-18-10-6-5-9-17(18)23-19(20(27)28)25-11-13-26(14-12-25)21(29)24-16-8-4-3-7-15(16)22/h3-10H,2,11-14H2,1H3,(H,24,29). The third-order valence-corrected chi connectivity index (χ3v) is 5.46. The molecule has 2 amide bonds. The lowest BCUT2D eigenvalue weighted by molar-refractivity contribution is 0.208. The average Bonchev–Trinajstić information content (AvgIpc) is 2.75. The second kappa shape index (κ2) is 8.13. The summed E-state index contributed by atoms with van der Waals surface area (Å²) in [6.07, 6.45) is 0. The number of amides is 2. The lowest BCUT2D eigenvalue weighted by Crippen LogP contribution is -2.51. The molecule has 4 rings (SSSR count). The predicted octanol–water partition coefficient (Wildman–Crippen LogP) is 3.42. The molecule has 0 atom stereocenters. The number of urea groups is 1. The molecule has 1 aromatic heterocycles. The van der Waals surface area contributed by atoms with Crippen molar-refractivity contribution < 1.29 is 4.79 Å². The molecular weight excluding hydrogens is 390 g/mol. The third-order valence-electron chi connectivity index (χ3n) is 5.13. The van der Waals surface area contributed by atoms with Crippen LogP contribution in [0.3, 0.4) is 0 Å². The summed E-state index contributed by atoms with van der Waals surface area (Å²) in [5, 5.41) is 3.34. The number of hydrogen-bond donors (Lipinski definition) is 1. The summed E-state index contributed by atoms with van der Waals surface area (Å²) in [6, 6.07) is 14.6. The van der Waals surface area contributed by atoms with Crippen molar-refractivity contribution in [2.75, 3.05) is 36.4 Å². The van der Waals surface area contributed by atoms with Gasteiger partial charge in [-0.25, -0.2) is 9.78 Å². The maximum atomic E-state index is 13.0. The van der Waals surface area contributed by atoms with Crippen LogP contribution in [0.5, 0.6) is 0 Å². The SMILES string of the molecule is CCn1c(=O)c(N2CCN(C(=O)Nc3ccccc3Cl)CC2)nc2ccccc21. The number of piperazine rings is 1. The normalized spacial score (nSPS) is 14.3. The Labute approximate surface area is 173 Å². The second-order valence-corrected chi connectivity index (χ2v) is 7.26. The molecule has 1 N–H and O–H groups in total. The van der Waals surface area contributed by atoms with E-state index in [1.54, 1.807) is 21.6 Å². The van der Waals surface area contributed by atoms with Crippen molar-refractivity contribution in [3.63, 3.8) is 0 Å². The van der Waals surface area contributed by atoms with Crippen molar-refractivity contribution in [1.82, 2.24) is 14.5 Å². The lowest BCUT2D eigenvalue weighted by Gasteiger charge is -2.35. The fourth-order valence-electron chi connectivity index (χ4n) is 3.58. The summed E-state index contributed by atoms with van der Waals surface area (Å²) < 4.78 is 1.74. The van der Waals surface area contributed by atoms with Crippen LogP contribution in [-0.4, -0.2) is 46.7 Å². The summed E-state index contributed by atoms with van der Waals surface area (Å²) in [5.74, 6) is 0.441. The van der Waals surface area contributed by atoms with Gasteiger partial charge in [-0.1, -0.05) is 35.9 Å². The van der Waals surface area contributed by atoms with Gasteiger partial charge < -0.3 is 19.7 Å². The number of benzene rings is 2. The lowest BCUT2D eigenvalue weighted by atomic mass is 10.2. The second-order valence-electron chi connectivity index (χ2n) is 6.86. The van der Waals surface area contributed by atoms with Crippen molar-refractivity contribution in [2.45, 2.75) is 13.5 Å². The Bertz CT molecular complexity index is 1110. The minimum absolute atomic E-state index is 0.0971. The number of rotatable bonds is 3. The quantitative estimate of drug-likeness (QED) is 0.716. The van der Waals surface area contributed by atoms with E-state index in [4.69, 9.17) is 11.6 Å². The Hall–Kier alpha value is -3.06. The number of para-hydroxylation sites is 3. The van der Waals surface area contributed by atoms with E-state index >= 15 is 0 Å². The topological polar surface area (TPSA) is 70.5 Å². The van der Waals surface area contributed by atoms with Crippen LogP contribution in [0.4, 0.5) is 16.3 Å². The molecular formula is C21H22ClN5O2. The number of aryl methyl sites for hydroxylation is 1. The number of carbonyl (C=O) groups excluding carboxylic acids is 1. The van der Waals surface area contributed by atoms with Crippen LogP contribution in [0.25, 0.3) is 11.0 Å². The zero-order valence-electron chi connectivity index (χ0n) is 16.1. The van der Waals surface area contributed by atoms with E-state index in [1.807, 2.05) is 48.2 Å². The molecule has 1 aliphatic rings. The summed E-state index contributed by atoms with van der Waals surface area (Å²) in [4.78, 5) is 33.8. The van der Waals surface area contributed by atoms with Crippen LogP contribution < -0.4 is 15.8 Å². The molecule has 2 aromatic carbocycles. The number of nitrogens with zero attached hydrogens (tertiary/aromatic N) is 4. The molecule has 1 fully saturated rings. The number of carbonyl (C=O) groups is 1. The molecule has 0 radical (unpaired) electrons. The first-order valence-electron chi connectivity index (χ1n) is 9.63. The van der Waals surface area contributed by atoms with E-state index in [0.29, 0.717) is 49.3 Å². The number of halogens is 1. The number of fused-ring (bicyclic) bond motifs is 1. The number of aromatic nitrogens is 2. The van der Waals surface area contributed by atoms with Gasteiger partial charge in [-0.2, -0.15) is 0 Å². The Morgan fingerprint density at radius 3 is 2.48 bits per heavy atom. The summed E-state index contributed by atoms with van der Waals surface area (Å²) in [5.41, 5.74) is 2.12. The van der Waals surface area contributed by atoms with Crippen LogP contribution >= 0.6 is 11.6 Å². The van der Waals surface area contributed by atoms with E-state index in [1.165, 1.54) is 0 Å². The van der Waals surface area contributed by atoms with Crippen molar-refractivity contribution in [3.05, 3.63) is 63.9 Å². The monoisotopic (exact) mass is 411 g/mol. The molecule has 150 valence electrons. The molecule has 1 aliphatic heterocycles. The molecule has 8 heteroatoms. The van der Waals surface area contributed by atoms with E-state index in [2.05, 4.69) is 10.3 Å². The molecule has 2 heterocycles. The molecule has 0 aliphatic carbocycles. The average molecular weight is 412 g/mol. The van der Waals surface area contributed by atoms with Gasteiger partial charge in [0, 0.05) is 32.7 Å². The molecule has 3 aromatic rings. The maximum absolute atomic E-state index is 13.0. The van der Waals surface area contributed by atoms with Crippen molar-refractivity contribution in [2.24, 2.45) is 0 Å². The number of hydrogen-bond acceptors (Lipinski definition) is 4. The molecule has 1 saturated heterocycles. The Morgan fingerprint density at radius 1 is 1.07 bits per heavy atom. The molecule has 0 bridgehead atoms. The first kappa shape index (κ1) is 19.3. The van der Waals surface area contributed by atoms with Gasteiger partial charge in [-0.3, -0.25) is 4.79 Å². The van der Waals surface area contributed by atoms with E-state index in [-0.39, 0.29) is 11.6 Å². The van der Waals surface area contributed by atoms with Crippen LogP contribution in [0, 0.1) is 0 Å². The Morgan fingerprint density at radius 2 is 1.76 bits per heavy atom. The minimum atomic E-state index is -0.199. The molecule has 0 unspecified atom stereocenters. The highest BCUT2D eigenvalue weighted by molar-refractivity contribution is 6.33. The largest absolute Gasteiger partial charge is 0.348 e. The van der Waals surface area contributed by atoms with Gasteiger partial charge in [0.2, 0.25) is 0 Å². The fraction of sp³-hybridized carbons (Fsp3) is 0.286. The predicted molar refractivity (Wildman–Crippen MR) is 116 cm³/mol.